The van der Waals surface area contributed by atoms with E-state index in [9.17, 15) is 0 Å². The Bertz CT molecular complexity index is 529. The van der Waals surface area contributed by atoms with Gasteiger partial charge in [0.2, 0.25) is 0 Å². The van der Waals surface area contributed by atoms with Gasteiger partial charge in [0.1, 0.15) is 10.5 Å². The van der Waals surface area contributed by atoms with Crippen molar-refractivity contribution >= 4 is 28.1 Å². The molecule has 1 aromatic heterocycles. The van der Waals surface area contributed by atoms with Gasteiger partial charge in [-0.25, -0.2) is 4.98 Å². The minimum absolute atomic E-state index is 0.395. The van der Waals surface area contributed by atoms with E-state index in [1.165, 1.54) is 37.8 Å². The molecule has 2 saturated carbocycles. The average Bonchev–Trinajstić information content (AvgIpc) is 2.78. The van der Waals surface area contributed by atoms with Crippen LogP contribution >= 0.6 is 28.1 Å². The van der Waals surface area contributed by atoms with E-state index >= 15 is 0 Å². The highest BCUT2D eigenvalue weighted by Crippen LogP contribution is 2.57. The molecule has 0 saturated heterocycles. The third-order valence-electron chi connectivity index (χ3n) is 4.52. The normalized spacial score (nSPS) is 26.5. The number of nitrogens with zero attached hydrogens (tertiary/aromatic N) is 1. The second kappa shape index (κ2) is 4.41. The monoisotopic (exact) mass is 326 g/mol. The number of aromatic nitrogens is 2. The third kappa shape index (κ3) is 2.18. The summed E-state index contributed by atoms with van der Waals surface area (Å²) < 4.78 is 1.75. The molecule has 18 heavy (non-hydrogen) atoms. The van der Waals surface area contributed by atoms with Crippen LogP contribution in [0.4, 0.5) is 0 Å². The highest BCUT2D eigenvalue weighted by atomic mass is 79.9. The van der Waals surface area contributed by atoms with Gasteiger partial charge in [-0.05, 0) is 40.6 Å². The van der Waals surface area contributed by atoms with Crippen LogP contribution in [-0.2, 0) is 0 Å². The average molecular weight is 327 g/mol. The third-order valence-corrected chi connectivity index (χ3v) is 5.88. The zero-order chi connectivity index (χ0) is 12.9. The van der Waals surface area contributed by atoms with Crippen LogP contribution in [0.5, 0.6) is 0 Å². The van der Waals surface area contributed by atoms with Crippen molar-refractivity contribution in [3.05, 3.63) is 20.6 Å². The van der Waals surface area contributed by atoms with Gasteiger partial charge in [-0.2, -0.15) is 0 Å². The van der Waals surface area contributed by atoms with Gasteiger partial charge in [-0.15, -0.1) is 0 Å². The van der Waals surface area contributed by atoms with Gasteiger partial charge in [-0.3, -0.25) is 0 Å². The van der Waals surface area contributed by atoms with E-state index in [0.717, 1.165) is 14.9 Å². The van der Waals surface area contributed by atoms with Crippen molar-refractivity contribution in [1.29, 1.82) is 0 Å². The van der Waals surface area contributed by atoms with Crippen LogP contribution in [-0.4, -0.2) is 9.97 Å². The molecular formula is C14H19BrN2S. The van der Waals surface area contributed by atoms with E-state index in [0.29, 0.717) is 17.3 Å². The number of hydrogen-bond acceptors (Lipinski definition) is 2. The molecule has 1 unspecified atom stereocenters. The van der Waals surface area contributed by atoms with Gasteiger partial charge in [0.15, 0.2) is 0 Å². The van der Waals surface area contributed by atoms with Crippen molar-refractivity contribution in [1.82, 2.24) is 9.97 Å². The van der Waals surface area contributed by atoms with Crippen LogP contribution in [0.3, 0.4) is 0 Å². The molecule has 1 aromatic rings. The molecule has 1 N–H and O–H groups in total. The smallest absolute Gasteiger partial charge is 0.144 e. The Balaban J connectivity index is 2.00. The maximum Gasteiger partial charge on any atom is 0.144 e. The first-order chi connectivity index (χ1) is 8.49. The lowest BCUT2D eigenvalue weighted by atomic mass is 10.0. The zero-order valence-corrected chi connectivity index (χ0v) is 13.3. The maximum absolute atomic E-state index is 5.41. The largest absolute Gasteiger partial charge is 0.346 e. The molecule has 0 spiro atoms. The van der Waals surface area contributed by atoms with Crippen LogP contribution < -0.4 is 0 Å². The Kier molecular flexibility index (Phi) is 3.14. The van der Waals surface area contributed by atoms with Crippen molar-refractivity contribution in [3.8, 4) is 0 Å². The summed E-state index contributed by atoms with van der Waals surface area (Å²) in [7, 11) is 0. The van der Waals surface area contributed by atoms with E-state index in [2.05, 4.69) is 39.7 Å². The number of halogens is 1. The van der Waals surface area contributed by atoms with Crippen LogP contribution in [0.1, 0.15) is 69.3 Å². The predicted octanol–water partition coefficient (Wildman–Crippen LogP) is 5.07. The topological polar surface area (TPSA) is 28.7 Å². The molecule has 2 nitrogen and oxygen atoms in total. The number of aromatic amines is 1. The molecule has 0 bridgehead atoms. The second-order valence-electron chi connectivity index (χ2n) is 6.38. The first kappa shape index (κ1) is 12.8. The van der Waals surface area contributed by atoms with Crippen molar-refractivity contribution in [2.75, 3.05) is 0 Å². The van der Waals surface area contributed by atoms with Crippen molar-refractivity contribution in [2.45, 2.75) is 57.8 Å². The van der Waals surface area contributed by atoms with Gasteiger partial charge >= 0.3 is 0 Å². The molecule has 3 rings (SSSR count). The highest BCUT2D eigenvalue weighted by Gasteiger charge is 2.48. The quantitative estimate of drug-likeness (QED) is 0.768. The molecule has 98 valence electrons. The molecule has 2 aliphatic carbocycles. The lowest BCUT2D eigenvalue weighted by Crippen LogP contribution is -2.06. The fourth-order valence-corrected chi connectivity index (χ4v) is 3.81. The molecule has 2 fully saturated rings. The van der Waals surface area contributed by atoms with Gasteiger partial charge < -0.3 is 4.98 Å². The predicted molar refractivity (Wildman–Crippen MR) is 79.5 cm³/mol. The minimum atomic E-state index is 0.395. The van der Waals surface area contributed by atoms with Gasteiger partial charge in [0.05, 0.1) is 4.47 Å². The molecule has 2 aliphatic rings. The Morgan fingerprint density at radius 2 is 1.94 bits per heavy atom. The Labute approximate surface area is 122 Å². The van der Waals surface area contributed by atoms with Gasteiger partial charge in [0, 0.05) is 17.5 Å². The lowest BCUT2D eigenvalue weighted by Gasteiger charge is -2.14. The molecule has 0 aromatic carbocycles. The van der Waals surface area contributed by atoms with Crippen molar-refractivity contribution in [2.24, 2.45) is 5.41 Å². The summed E-state index contributed by atoms with van der Waals surface area (Å²) in [6.45, 7) is 4.60. The van der Waals surface area contributed by atoms with Crippen LogP contribution in [0, 0.1) is 10.1 Å². The first-order valence-electron chi connectivity index (χ1n) is 6.78. The number of nitrogens with one attached hydrogen (secondary N) is 1. The van der Waals surface area contributed by atoms with Gasteiger partial charge in [0.25, 0.3) is 0 Å². The zero-order valence-electron chi connectivity index (χ0n) is 10.9. The summed E-state index contributed by atoms with van der Waals surface area (Å²) in [5.74, 6) is 2.31. The van der Waals surface area contributed by atoms with E-state index in [1.54, 1.807) is 0 Å². The lowest BCUT2D eigenvalue weighted by molar-refractivity contribution is 0.599. The highest BCUT2D eigenvalue weighted by molar-refractivity contribution is 9.10. The summed E-state index contributed by atoms with van der Waals surface area (Å²) in [5.41, 5.74) is 1.69. The summed E-state index contributed by atoms with van der Waals surface area (Å²) >= 11 is 9.03. The number of H-pyrrole nitrogens is 1. The molecular weight excluding hydrogens is 308 g/mol. The molecule has 0 radical (unpaired) electrons. The first-order valence-corrected chi connectivity index (χ1v) is 7.99. The van der Waals surface area contributed by atoms with E-state index < -0.39 is 0 Å². The van der Waals surface area contributed by atoms with Crippen molar-refractivity contribution < 1.29 is 0 Å². The second-order valence-corrected chi connectivity index (χ2v) is 7.56. The van der Waals surface area contributed by atoms with E-state index in [-0.39, 0.29) is 0 Å². The Hall–Kier alpha value is -0.220. The van der Waals surface area contributed by atoms with Crippen LogP contribution in [0.2, 0.25) is 0 Å². The van der Waals surface area contributed by atoms with Crippen LogP contribution in [0.25, 0.3) is 0 Å². The van der Waals surface area contributed by atoms with Crippen LogP contribution in [0.15, 0.2) is 4.47 Å². The summed E-state index contributed by atoms with van der Waals surface area (Å²) in [6, 6.07) is 0. The molecule has 4 heteroatoms. The maximum atomic E-state index is 5.41. The standard InChI is InChI=1S/C14H19BrN2S/c1-14(2)7-9(14)12-16-11(8-5-3-4-6-8)10(15)13(18)17-12/h8-9H,3-7H2,1-2H3,(H,16,17,18). The Morgan fingerprint density at radius 3 is 2.50 bits per heavy atom. The van der Waals surface area contributed by atoms with E-state index in [4.69, 9.17) is 12.2 Å². The molecule has 0 aliphatic heterocycles. The Morgan fingerprint density at radius 1 is 1.33 bits per heavy atom. The van der Waals surface area contributed by atoms with E-state index in [1.807, 2.05) is 0 Å². The number of hydrogen-bond donors (Lipinski definition) is 1. The molecule has 0 amide bonds. The SMILES string of the molecule is CC1(C)CC1c1nc(=S)c(Br)c(C2CCCC2)[nH]1. The van der Waals surface area contributed by atoms with Gasteiger partial charge in [-0.1, -0.05) is 38.9 Å². The summed E-state index contributed by atoms with van der Waals surface area (Å²) in [5, 5.41) is 0. The number of rotatable bonds is 2. The minimum Gasteiger partial charge on any atom is -0.346 e. The fourth-order valence-electron chi connectivity index (χ4n) is 3.09. The fraction of sp³-hybridized carbons (Fsp3) is 0.714. The summed E-state index contributed by atoms with van der Waals surface area (Å²) in [4.78, 5) is 8.16. The summed E-state index contributed by atoms with van der Waals surface area (Å²) in [6.07, 6.45) is 6.45. The molecule has 1 heterocycles. The molecule has 1 atom stereocenters. The van der Waals surface area contributed by atoms with Crippen molar-refractivity contribution in [3.63, 3.8) is 0 Å².